The lowest BCUT2D eigenvalue weighted by Gasteiger charge is -2.30. The molecule has 0 atom stereocenters. The first kappa shape index (κ1) is 19.0. The first-order valence-corrected chi connectivity index (χ1v) is 10.9. The van der Waals surface area contributed by atoms with Gasteiger partial charge in [0, 0.05) is 24.0 Å². The number of carbonyl (C=O) groups excluding carboxylic acids is 1. The molecule has 140 valence electrons. The second-order valence-corrected chi connectivity index (χ2v) is 9.21. The highest BCUT2D eigenvalue weighted by atomic mass is 32.2. The molecule has 2 aromatic rings. The van der Waals surface area contributed by atoms with E-state index in [1.807, 2.05) is 18.4 Å². The molecule has 1 aromatic carbocycles. The van der Waals surface area contributed by atoms with Crippen molar-refractivity contribution in [1.82, 2.24) is 9.29 Å². The number of esters is 1. The zero-order valence-electron chi connectivity index (χ0n) is 14.8. The van der Waals surface area contributed by atoms with E-state index in [1.54, 1.807) is 25.1 Å². The van der Waals surface area contributed by atoms with Crippen molar-refractivity contribution < 1.29 is 17.9 Å². The third-order valence-electron chi connectivity index (χ3n) is 4.46. The summed E-state index contributed by atoms with van der Waals surface area (Å²) in [6.45, 7) is 4.69. The Hall–Kier alpha value is -1.77. The lowest BCUT2D eigenvalue weighted by molar-refractivity contribution is -0.149. The maximum atomic E-state index is 13.0. The molecule has 0 aliphatic carbocycles. The van der Waals surface area contributed by atoms with Crippen molar-refractivity contribution in [3.8, 4) is 11.3 Å². The molecule has 26 heavy (non-hydrogen) atoms. The van der Waals surface area contributed by atoms with E-state index in [1.165, 1.54) is 15.6 Å². The summed E-state index contributed by atoms with van der Waals surface area (Å²) in [4.78, 5) is 16.5. The number of carbonyl (C=O) groups is 1. The molecule has 1 saturated heterocycles. The third-order valence-corrected chi connectivity index (χ3v) is 7.13. The average molecular weight is 395 g/mol. The van der Waals surface area contributed by atoms with Gasteiger partial charge in [-0.15, -0.1) is 11.3 Å². The molecule has 1 aliphatic heterocycles. The van der Waals surface area contributed by atoms with Crippen LogP contribution in [-0.4, -0.2) is 43.4 Å². The highest BCUT2D eigenvalue weighted by molar-refractivity contribution is 7.89. The Labute approximate surface area is 157 Å². The van der Waals surface area contributed by atoms with Crippen LogP contribution in [0.4, 0.5) is 0 Å². The van der Waals surface area contributed by atoms with Gasteiger partial charge >= 0.3 is 5.97 Å². The molecule has 2 heterocycles. The molecular formula is C18H22N2O4S2. The number of benzene rings is 1. The minimum atomic E-state index is -3.59. The molecule has 0 N–H and O–H groups in total. The van der Waals surface area contributed by atoms with E-state index in [0.29, 0.717) is 32.5 Å². The number of ether oxygens (including phenoxy) is 1. The van der Waals surface area contributed by atoms with Crippen molar-refractivity contribution in [3.63, 3.8) is 0 Å². The van der Waals surface area contributed by atoms with Crippen LogP contribution in [0.2, 0.25) is 0 Å². The van der Waals surface area contributed by atoms with Gasteiger partial charge in [-0.1, -0.05) is 12.1 Å². The van der Waals surface area contributed by atoms with Gasteiger partial charge in [-0.25, -0.2) is 13.4 Å². The summed E-state index contributed by atoms with van der Waals surface area (Å²) >= 11 is 1.53. The number of hydrogen-bond donors (Lipinski definition) is 0. The third kappa shape index (κ3) is 3.97. The summed E-state index contributed by atoms with van der Waals surface area (Å²) in [5, 5.41) is 2.86. The molecule has 0 amide bonds. The summed E-state index contributed by atoms with van der Waals surface area (Å²) in [6, 6.07) is 6.87. The Morgan fingerprint density at radius 2 is 2.08 bits per heavy atom. The van der Waals surface area contributed by atoms with Gasteiger partial charge in [-0.05, 0) is 38.8 Å². The largest absolute Gasteiger partial charge is 0.466 e. The SMILES string of the molecule is CCOC(=O)C1CCN(S(=O)(=O)c2cccc(-c3csc(C)n3)c2)CC1. The fourth-order valence-corrected chi connectivity index (χ4v) is 5.19. The van der Waals surface area contributed by atoms with Gasteiger partial charge in [0.2, 0.25) is 10.0 Å². The summed E-state index contributed by atoms with van der Waals surface area (Å²) in [5.41, 5.74) is 1.57. The van der Waals surface area contributed by atoms with Crippen LogP contribution in [0.15, 0.2) is 34.5 Å². The van der Waals surface area contributed by atoms with Crippen LogP contribution in [0.1, 0.15) is 24.8 Å². The van der Waals surface area contributed by atoms with Gasteiger partial charge in [0.15, 0.2) is 0 Å². The molecule has 6 nitrogen and oxygen atoms in total. The number of aryl methyl sites for hydroxylation is 1. The van der Waals surface area contributed by atoms with Crippen LogP contribution in [0.5, 0.6) is 0 Å². The molecule has 0 saturated carbocycles. The monoisotopic (exact) mass is 394 g/mol. The second-order valence-electron chi connectivity index (χ2n) is 6.21. The first-order chi connectivity index (χ1) is 12.4. The predicted octanol–water partition coefficient (Wildman–Crippen LogP) is 3.08. The maximum Gasteiger partial charge on any atom is 0.309 e. The van der Waals surface area contributed by atoms with Crippen LogP contribution in [-0.2, 0) is 19.6 Å². The minimum Gasteiger partial charge on any atom is -0.466 e. The molecule has 0 spiro atoms. The zero-order valence-corrected chi connectivity index (χ0v) is 16.5. The minimum absolute atomic E-state index is 0.217. The van der Waals surface area contributed by atoms with Gasteiger partial charge in [0.05, 0.1) is 28.1 Å². The lowest BCUT2D eigenvalue weighted by Crippen LogP contribution is -2.40. The number of piperidine rings is 1. The molecule has 0 bridgehead atoms. The van der Waals surface area contributed by atoms with Crippen molar-refractivity contribution in [3.05, 3.63) is 34.7 Å². The van der Waals surface area contributed by atoms with Gasteiger partial charge in [-0.2, -0.15) is 4.31 Å². The van der Waals surface area contributed by atoms with Crippen LogP contribution >= 0.6 is 11.3 Å². The number of hydrogen-bond acceptors (Lipinski definition) is 6. The Kier molecular flexibility index (Phi) is 5.74. The molecular weight excluding hydrogens is 372 g/mol. The number of thiazole rings is 1. The normalized spacial score (nSPS) is 16.5. The molecule has 1 aromatic heterocycles. The van der Waals surface area contributed by atoms with E-state index in [0.717, 1.165) is 16.3 Å². The van der Waals surface area contributed by atoms with Gasteiger partial charge in [0.25, 0.3) is 0 Å². The number of sulfonamides is 1. The second kappa shape index (κ2) is 7.85. The maximum absolute atomic E-state index is 13.0. The molecule has 1 aliphatic rings. The summed E-state index contributed by atoms with van der Waals surface area (Å²) in [7, 11) is -3.59. The summed E-state index contributed by atoms with van der Waals surface area (Å²) < 4.78 is 32.4. The van der Waals surface area contributed by atoms with Crippen LogP contribution in [0.25, 0.3) is 11.3 Å². The van der Waals surface area contributed by atoms with E-state index >= 15 is 0 Å². The molecule has 8 heteroatoms. The predicted molar refractivity (Wildman–Crippen MR) is 100 cm³/mol. The summed E-state index contributed by atoms with van der Waals surface area (Å²) in [5.74, 6) is -0.448. The van der Waals surface area contributed by atoms with Crippen molar-refractivity contribution >= 4 is 27.3 Å². The average Bonchev–Trinajstić information content (AvgIpc) is 3.08. The number of nitrogens with zero attached hydrogens (tertiary/aromatic N) is 2. The van der Waals surface area contributed by atoms with Crippen LogP contribution in [0.3, 0.4) is 0 Å². The fourth-order valence-electron chi connectivity index (χ4n) is 3.05. The van der Waals surface area contributed by atoms with E-state index in [-0.39, 0.29) is 16.8 Å². The Morgan fingerprint density at radius 3 is 2.69 bits per heavy atom. The highest BCUT2D eigenvalue weighted by Crippen LogP contribution is 2.28. The molecule has 3 rings (SSSR count). The van der Waals surface area contributed by atoms with Crippen molar-refractivity contribution in [2.45, 2.75) is 31.6 Å². The topological polar surface area (TPSA) is 76.6 Å². The van der Waals surface area contributed by atoms with Crippen molar-refractivity contribution in [2.75, 3.05) is 19.7 Å². The fraction of sp³-hybridized carbons (Fsp3) is 0.444. The summed E-state index contributed by atoms with van der Waals surface area (Å²) in [6.07, 6.45) is 0.978. The number of aromatic nitrogens is 1. The van der Waals surface area contributed by atoms with Crippen molar-refractivity contribution in [1.29, 1.82) is 0 Å². The first-order valence-electron chi connectivity index (χ1n) is 8.61. The van der Waals surface area contributed by atoms with Gasteiger partial charge in [-0.3, -0.25) is 4.79 Å². The molecule has 0 unspecified atom stereocenters. The van der Waals surface area contributed by atoms with Crippen LogP contribution in [0, 0.1) is 12.8 Å². The molecule has 0 radical (unpaired) electrons. The highest BCUT2D eigenvalue weighted by Gasteiger charge is 2.32. The van der Waals surface area contributed by atoms with Gasteiger partial charge < -0.3 is 4.74 Å². The van der Waals surface area contributed by atoms with E-state index in [2.05, 4.69) is 4.98 Å². The lowest BCUT2D eigenvalue weighted by atomic mass is 9.98. The van der Waals surface area contributed by atoms with E-state index in [4.69, 9.17) is 4.74 Å². The zero-order chi connectivity index (χ0) is 18.7. The van der Waals surface area contributed by atoms with E-state index in [9.17, 15) is 13.2 Å². The standard InChI is InChI=1S/C18H22N2O4S2/c1-3-24-18(21)14-7-9-20(10-8-14)26(22,23)16-6-4-5-15(11-16)17-12-25-13(2)19-17/h4-6,11-12,14H,3,7-10H2,1-2H3. The smallest absolute Gasteiger partial charge is 0.309 e. The van der Waals surface area contributed by atoms with E-state index < -0.39 is 10.0 Å². The number of rotatable bonds is 5. The Bertz CT molecular complexity index is 884. The Balaban J connectivity index is 1.76. The van der Waals surface area contributed by atoms with Crippen molar-refractivity contribution in [2.24, 2.45) is 5.92 Å². The van der Waals surface area contributed by atoms with Gasteiger partial charge in [0.1, 0.15) is 0 Å². The Morgan fingerprint density at radius 1 is 1.35 bits per heavy atom. The quantitative estimate of drug-likeness (QED) is 0.729. The van der Waals surface area contributed by atoms with Crippen LogP contribution < -0.4 is 0 Å². The molecule has 1 fully saturated rings.